The molecular formula is C10H15N3O3S. The zero-order valence-electron chi connectivity index (χ0n) is 9.73. The summed E-state index contributed by atoms with van der Waals surface area (Å²) in [6.45, 7) is 2.82. The van der Waals surface area contributed by atoms with E-state index in [4.69, 9.17) is 0 Å². The molecule has 1 aromatic heterocycles. The standard InChI is InChI=1S/C10H15N3O3S/c1-3-11-7-9(14)13-8-4-5-10(12-6-8)17(2,15)16/h4-6,11H,3,7H2,1-2H3,(H,13,14). The van der Waals surface area contributed by atoms with E-state index in [1.165, 1.54) is 18.3 Å². The second-order valence-electron chi connectivity index (χ2n) is 3.49. The number of anilines is 1. The van der Waals surface area contributed by atoms with Crippen LogP contribution in [0, 0.1) is 0 Å². The Bertz CT molecular complexity index is 482. The molecule has 1 amide bonds. The van der Waals surface area contributed by atoms with Crippen molar-refractivity contribution in [3.8, 4) is 0 Å². The largest absolute Gasteiger partial charge is 0.324 e. The topological polar surface area (TPSA) is 88.2 Å². The number of pyridine rings is 1. The van der Waals surface area contributed by atoms with Gasteiger partial charge in [0.25, 0.3) is 0 Å². The highest BCUT2D eigenvalue weighted by molar-refractivity contribution is 7.90. The molecule has 0 spiro atoms. The first-order valence-electron chi connectivity index (χ1n) is 5.10. The molecule has 0 saturated heterocycles. The van der Waals surface area contributed by atoms with Crippen LogP contribution in [-0.4, -0.2) is 38.7 Å². The summed E-state index contributed by atoms with van der Waals surface area (Å²) >= 11 is 0. The normalized spacial score (nSPS) is 11.2. The summed E-state index contributed by atoms with van der Waals surface area (Å²) in [7, 11) is -3.30. The highest BCUT2D eigenvalue weighted by Crippen LogP contribution is 2.09. The fraction of sp³-hybridized carbons (Fsp3) is 0.400. The smallest absolute Gasteiger partial charge is 0.238 e. The molecule has 0 radical (unpaired) electrons. The quantitative estimate of drug-likeness (QED) is 0.777. The molecule has 0 aromatic carbocycles. The van der Waals surface area contributed by atoms with Gasteiger partial charge in [-0.15, -0.1) is 0 Å². The third kappa shape index (κ3) is 4.49. The number of aromatic nitrogens is 1. The molecule has 6 nitrogen and oxygen atoms in total. The van der Waals surface area contributed by atoms with Crippen molar-refractivity contribution in [1.29, 1.82) is 0 Å². The molecule has 1 rings (SSSR count). The van der Waals surface area contributed by atoms with Crippen LogP contribution in [0.2, 0.25) is 0 Å². The molecule has 2 N–H and O–H groups in total. The molecule has 0 fully saturated rings. The first kappa shape index (κ1) is 13.6. The molecule has 0 aliphatic carbocycles. The summed E-state index contributed by atoms with van der Waals surface area (Å²) in [5, 5.41) is 5.46. The second-order valence-corrected chi connectivity index (χ2v) is 5.45. The van der Waals surface area contributed by atoms with Gasteiger partial charge in [-0.1, -0.05) is 6.92 Å². The highest BCUT2D eigenvalue weighted by atomic mass is 32.2. The molecule has 0 saturated carbocycles. The number of hydrogen-bond donors (Lipinski definition) is 2. The molecule has 0 bridgehead atoms. The lowest BCUT2D eigenvalue weighted by Crippen LogP contribution is -2.27. The first-order valence-corrected chi connectivity index (χ1v) is 6.99. The van der Waals surface area contributed by atoms with Crippen molar-refractivity contribution in [2.24, 2.45) is 0 Å². The summed E-state index contributed by atoms with van der Waals surface area (Å²) in [5.74, 6) is -0.194. The predicted molar refractivity (Wildman–Crippen MR) is 64.5 cm³/mol. The Morgan fingerprint density at radius 3 is 2.59 bits per heavy atom. The van der Waals surface area contributed by atoms with Crippen LogP contribution in [0.1, 0.15) is 6.92 Å². The fourth-order valence-electron chi connectivity index (χ4n) is 1.12. The van der Waals surface area contributed by atoms with E-state index >= 15 is 0 Å². The summed E-state index contributed by atoms with van der Waals surface area (Å²) in [6, 6.07) is 2.87. The second kappa shape index (κ2) is 5.74. The maximum atomic E-state index is 11.3. The van der Waals surface area contributed by atoms with Gasteiger partial charge in [0, 0.05) is 6.26 Å². The molecule has 1 heterocycles. The molecule has 7 heteroatoms. The Morgan fingerprint density at radius 1 is 1.41 bits per heavy atom. The lowest BCUT2D eigenvalue weighted by Gasteiger charge is -2.05. The first-order chi connectivity index (χ1) is 7.93. The Kier molecular flexibility index (Phi) is 4.59. The highest BCUT2D eigenvalue weighted by Gasteiger charge is 2.08. The van der Waals surface area contributed by atoms with Gasteiger partial charge in [-0.3, -0.25) is 4.79 Å². The third-order valence-electron chi connectivity index (χ3n) is 1.94. The molecule has 0 aliphatic rings. The number of carbonyl (C=O) groups is 1. The van der Waals surface area contributed by atoms with Crippen LogP contribution in [0.25, 0.3) is 0 Å². The summed E-state index contributed by atoms with van der Waals surface area (Å²) < 4.78 is 22.3. The van der Waals surface area contributed by atoms with Crippen LogP contribution < -0.4 is 10.6 Å². The zero-order chi connectivity index (χ0) is 12.9. The van der Waals surface area contributed by atoms with Crippen molar-refractivity contribution in [3.05, 3.63) is 18.3 Å². The van der Waals surface area contributed by atoms with E-state index in [9.17, 15) is 13.2 Å². The lowest BCUT2D eigenvalue weighted by atomic mass is 10.4. The number of sulfone groups is 1. The molecule has 0 atom stereocenters. The molecule has 0 aliphatic heterocycles. The van der Waals surface area contributed by atoms with E-state index in [1.807, 2.05) is 6.92 Å². The van der Waals surface area contributed by atoms with Crippen molar-refractivity contribution in [1.82, 2.24) is 10.3 Å². The van der Waals surface area contributed by atoms with Crippen molar-refractivity contribution in [2.45, 2.75) is 11.9 Å². The van der Waals surface area contributed by atoms with Crippen molar-refractivity contribution < 1.29 is 13.2 Å². The Morgan fingerprint density at radius 2 is 2.12 bits per heavy atom. The van der Waals surface area contributed by atoms with Gasteiger partial charge in [0.05, 0.1) is 18.4 Å². The van der Waals surface area contributed by atoms with Gasteiger partial charge in [0.2, 0.25) is 5.91 Å². The fourth-order valence-corrected chi connectivity index (χ4v) is 1.68. The Balaban J connectivity index is 2.66. The van der Waals surface area contributed by atoms with Gasteiger partial charge >= 0.3 is 0 Å². The SMILES string of the molecule is CCNCC(=O)Nc1ccc(S(C)(=O)=O)nc1. The van der Waals surface area contributed by atoms with Gasteiger partial charge in [-0.2, -0.15) is 0 Å². The number of nitrogens with zero attached hydrogens (tertiary/aromatic N) is 1. The van der Waals surface area contributed by atoms with E-state index in [2.05, 4.69) is 15.6 Å². The monoisotopic (exact) mass is 257 g/mol. The molecule has 94 valence electrons. The zero-order valence-corrected chi connectivity index (χ0v) is 10.5. The van der Waals surface area contributed by atoms with Gasteiger partial charge < -0.3 is 10.6 Å². The molecule has 17 heavy (non-hydrogen) atoms. The van der Waals surface area contributed by atoms with E-state index < -0.39 is 9.84 Å². The van der Waals surface area contributed by atoms with Crippen molar-refractivity contribution >= 4 is 21.4 Å². The Labute approximate surface area is 100 Å². The number of hydrogen-bond acceptors (Lipinski definition) is 5. The molecule has 1 aromatic rings. The van der Waals surface area contributed by atoms with Crippen LogP contribution in [0.3, 0.4) is 0 Å². The third-order valence-corrected chi connectivity index (χ3v) is 2.94. The number of rotatable bonds is 5. The van der Waals surface area contributed by atoms with Gasteiger partial charge in [0.1, 0.15) is 0 Å². The minimum Gasteiger partial charge on any atom is -0.324 e. The number of amides is 1. The summed E-state index contributed by atoms with van der Waals surface area (Å²) in [5.41, 5.74) is 0.473. The van der Waals surface area contributed by atoms with Crippen LogP contribution >= 0.6 is 0 Å². The van der Waals surface area contributed by atoms with Gasteiger partial charge in [0.15, 0.2) is 14.9 Å². The average Bonchev–Trinajstić information content (AvgIpc) is 2.26. The summed E-state index contributed by atoms with van der Waals surface area (Å²) in [4.78, 5) is 15.1. The Hall–Kier alpha value is -1.47. The predicted octanol–water partition coefficient (Wildman–Crippen LogP) is 0.0331. The average molecular weight is 257 g/mol. The van der Waals surface area contributed by atoms with Crippen molar-refractivity contribution in [3.63, 3.8) is 0 Å². The molecule has 0 unspecified atom stereocenters. The number of nitrogens with one attached hydrogen (secondary N) is 2. The number of likely N-dealkylation sites (N-methyl/N-ethyl adjacent to an activating group) is 1. The number of carbonyl (C=O) groups excluding carboxylic acids is 1. The maximum Gasteiger partial charge on any atom is 0.238 e. The van der Waals surface area contributed by atoms with Gasteiger partial charge in [-0.05, 0) is 18.7 Å². The van der Waals surface area contributed by atoms with Crippen LogP contribution in [0.4, 0.5) is 5.69 Å². The van der Waals surface area contributed by atoms with Gasteiger partial charge in [-0.25, -0.2) is 13.4 Å². The van der Waals surface area contributed by atoms with Crippen molar-refractivity contribution in [2.75, 3.05) is 24.7 Å². The minimum absolute atomic E-state index is 0.0119. The molecular weight excluding hydrogens is 242 g/mol. The van der Waals surface area contributed by atoms with Crippen LogP contribution in [0.5, 0.6) is 0 Å². The van der Waals surface area contributed by atoms with Crippen LogP contribution in [-0.2, 0) is 14.6 Å². The van der Waals surface area contributed by atoms with E-state index in [0.29, 0.717) is 12.2 Å². The maximum absolute atomic E-state index is 11.3. The summed E-state index contributed by atoms with van der Waals surface area (Å²) in [6.07, 6.45) is 2.40. The van der Waals surface area contributed by atoms with E-state index in [-0.39, 0.29) is 17.5 Å². The van der Waals surface area contributed by atoms with E-state index in [0.717, 1.165) is 6.26 Å². The van der Waals surface area contributed by atoms with E-state index in [1.54, 1.807) is 0 Å². The van der Waals surface area contributed by atoms with Crippen LogP contribution in [0.15, 0.2) is 23.4 Å². The minimum atomic E-state index is -3.30. The lowest BCUT2D eigenvalue weighted by molar-refractivity contribution is -0.115.